The van der Waals surface area contributed by atoms with Gasteiger partial charge < -0.3 is 10.4 Å². The molecule has 0 spiro atoms. The molecular weight excluding hydrogens is 229 g/mol. The van der Waals surface area contributed by atoms with Crippen molar-refractivity contribution in [3.8, 4) is 0 Å². The first-order valence-corrected chi connectivity index (χ1v) is 6.32. The first kappa shape index (κ1) is 14.9. The highest BCUT2D eigenvalue weighted by atomic mass is 19.1. The fourth-order valence-electron chi connectivity index (χ4n) is 1.77. The number of halogens is 1. The molecule has 0 aromatic heterocycles. The average Bonchev–Trinajstić information content (AvgIpc) is 2.36. The maximum atomic E-state index is 12.7. The molecule has 18 heavy (non-hydrogen) atoms. The Labute approximate surface area is 109 Å². The van der Waals surface area contributed by atoms with E-state index in [4.69, 9.17) is 0 Å². The second-order valence-electron chi connectivity index (χ2n) is 4.77. The highest BCUT2D eigenvalue weighted by Gasteiger charge is 2.13. The molecule has 0 aliphatic rings. The Kier molecular flexibility index (Phi) is 6.02. The van der Waals surface area contributed by atoms with Crippen LogP contribution in [0.1, 0.15) is 31.9 Å². The Morgan fingerprint density at radius 1 is 1.33 bits per heavy atom. The van der Waals surface area contributed by atoms with Gasteiger partial charge in [0, 0.05) is 12.6 Å². The van der Waals surface area contributed by atoms with Crippen molar-refractivity contribution in [1.29, 1.82) is 0 Å². The van der Waals surface area contributed by atoms with Crippen LogP contribution in [0.15, 0.2) is 36.9 Å². The number of benzene rings is 1. The molecule has 0 saturated carbocycles. The largest absolute Gasteiger partial charge is 0.387 e. The van der Waals surface area contributed by atoms with Crippen LogP contribution in [-0.2, 0) is 0 Å². The maximum absolute atomic E-state index is 12.7. The lowest BCUT2D eigenvalue weighted by Gasteiger charge is -2.22. The highest BCUT2D eigenvalue weighted by molar-refractivity contribution is 5.18. The summed E-state index contributed by atoms with van der Waals surface area (Å²) in [4.78, 5) is 0. The van der Waals surface area contributed by atoms with Gasteiger partial charge in [0.1, 0.15) is 5.82 Å². The first-order chi connectivity index (χ1) is 8.54. The summed E-state index contributed by atoms with van der Waals surface area (Å²) < 4.78 is 12.7. The second-order valence-corrected chi connectivity index (χ2v) is 4.77. The smallest absolute Gasteiger partial charge is 0.123 e. The lowest BCUT2D eigenvalue weighted by atomic mass is 9.99. The predicted octanol–water partition coefficient (Wildman–Crippen LogP) is 3.05. The van der Waals surface area contributed by atoms with E-state index in [1.165, 1.54) is 12.1 Å². The van der Waals surface area contributed by atoms with E-state index in [1.807, 2.05) is 6.08 Å². The minimum atomic E-state index is -0.607. The fourth-order valence-corrected chi connectivity index (χ4v) is 1.77. The third kappa shape index (κ3) is 4.59. The molecule has 100 valence electrons. The summed E-state index contributed by atoms with van der Waals surface area (Å²) in [5, 5.41) is 13.3. The van der Waals surface area contributed by atoms with Crippen molar-refractivity contribution in [3.63, 3.8) is 0 Å². The molecule has 1 aromatic rings. The summed E-state index contributed by atoms with van der Waals surface area (Å²) in [6.45, 7) is 8.42. The van der Waals surface area contributed by atoms with Gasteiger partial charge in [-0.2, -0.15) is 0 Å². The van der Waals surface area contributed by atoms with Crippen LogP contribution in [0.2, 0.25) is 0 Å². The van der Waals surface area contributed by atoms with Gasteiger partial charge in [-0.1, -0.05) is 25.1 Å². The van der Waals surface area contributed by atoms with Crippen LogP contribution in [0, 0.1) is 11.7 Å². The second kappa shape index (κ2) is 7.29. The van der Waals surface area contributed by atoms with E-state index in [-0.39, 0.29) is 5.82 Å². The summed E-state index contributed by atoms with van der Waals surface area (Å²) in [6.07, 6.45) is 2.24. The average molecular weight is 251 g/mol. The van der Waals surface area contributed by atoms with E-state index in [0.717, 1.165) is 12.0 Å². The van der Waals surface area contributed by atoms with Crippen molar-refractivity contribution in [2.75, 3.05) is 6.54 Å². The lowest BCUT2D eigenvalue weighted by molar-refractivity contribution is 0.166. The van der Waals surface area contributed by atoms with Gasteiger partial charge in [-0.3, -0.25) is 0 Å². The van der Waals surface area contributed by atoms with Gasteiger partial charge in [-0.25, -0.2) is 4.39 Å². The van der Waals surface area contributed by atoms with E-state index in [9.17, 15) is 9.50 Å². The third-order valence-electron chi connectivity index (χ3n) is 3.28. The van der Waals surface area contributed by atoms with Crippen molar-refractivity contribution in [2.24, 2.45) is 5.92 Å². The molecule has 3 atom stereocenters. The molecule has 0 heterocycles. The van der Waals surface area contributed by atoms with Gasteiger partial charge in [-0.05, 0) is 37.0 Å². The first-order valence-electron chi connectivity index (χ1n) is 6.32. The molecule has 1 rings (SSSR count). The molecule has 0 saturated heterocycles. The van der Waals surface area contributed by atoms with Crippen molar-refractivity contribution >= 4 is 0 Å². The zero-order valence-electron chi connectivity index (χ0n) is 11.1. The number of aliphatic hydroxyl groups is 1. The normalized spacial score (nSPS) is 16.0. The van der Waals surface area contributed by atoms with Crippen LogP contribution in [0.25, 0.3) is 0 Å². The minimum Gasteiger partial charge on any atom is -0.387 e. The van der Waals surface area contributed by atoms with E-state index in [0.29, 0.717) is 18.5 Å². The Morgan fingerprint density at radius 2 is 1.94 bits per heavy atom. The number of rotatable bonds is 7. The van der Waals surface area contributed by atoms with Gasteiger partial charge in [0.05, 0.1) is 6.10 Å². The maximum Gasteiger partial charge on any atom is 0.123 e. The van der Waals surface area contributed by atoms with Crippen LogP contribution >= 0.6 is 0 Å². The quantitative estimate of drug-likeness (QED) is 0.730. The predicted molar refractivity (Wildman–Crippen MR) is 72.8 cm³/mol. The standard InChI is InChI=1S/C15H22FNO/c1-4-5-11(2)12(3)17-10-15(18)13-6-8-14(16)9-7-13/h4,6-9,11-12,15,17-18H,1,5,10H2,2-3H3. The van der Waals surface area contributed by atoms with Gasteiger partial charge in [0.2, 0.25) is 0 Å². The Morgan fingerprint density at radius 3 is 2.50 bits per heavy atom. The van der Waals surface area contributed by atoms with E-state index < -0.39 is 6.10 Å². The summed E-state index contributed by atoms with van der Waals surface area (Å²) in [5.74, 6) is 0.190. The van der Waals surface area contributed by atoms with Crippen LogP contribution < -0.4 is 5.32 Å². The Bertz CT molecular complexity index is 363. The molecule has 0 amide bonds. The molecule has 1 aromatic carbocycles. The van der Waals surface area contributed by atoms with Gasteiger partial charge >= 0.3 is 0 Å². The summed E-state index contributed by atoms with van der Waals surface area (Å²) in [5.41, 5.74) is 0.729. The topological polar surface area (TPSA) is 32.3 Å². The summed E-state index contributed by atoms with van der Waals surface area (Å²) in [6, 6.07) is 6.25. The molecule has 2 nitrogen and oxygen atoms in total. The van der Waals surface area contributed by atoms with E-state index in [1.54, 1.807) is 12.1 Å². The SMILES string of the molecule is C=CCC(C)C(C)NCC(O)c1ccc(F)cc1. The minimum absolute atomic E-state index is 0.285. The third-order valence-corrected chi connectivity index (χ3v) is 3.28. The Balaban J connectivity index is 2.43. The van der Waals surface area contributed by atoms with Crippen molar-refractivity contribution in [2.45, 2.75) is 32.4 Å². The Hall–Kier alpha value is -1.19. The number of nitrogens with one attached hydrogen (secondary N) is 1. The van der Waals surface area contributed by atoms with E-state index in [2.05, 4.69) is 25.7 Å². The van der Waals surface area contributed by atoms with Crippen molar-refractivity contribution in [1.82, 2.24) is 5.32 Å². The molecular formula is C15H22FNO. The number of hydrogen-bond donors (Lipinski definition) is 2. The van der Waals surface area contributed by atoms with Crippen molar-refractivity contribution < 1.29 is 9.50 Å². The van der Waals surface area contributed by atoms with Crippen LogP contribution in [0.5, 0.6) is 0 Å². The molecule has 3 heteroatoms. The molecule has 0 radical (unpaired) electrons. The zero-order valence-corrected chi connectivity index (χ0v) is 11.1. The molecule has 0 bridgehead atoms. The lowest BCUT2D eigenvalue weighted by Crippen LogP contribution is -2.35. The van der Waals surface area contributed by atoms with E-state index >= 15 is 0 Å². The molecule has 0 fully saturated rings. The molecule has 2 N–H and O–H groups in total. The van der Waals surface area contributed by atoms with Crippen LogP contribution in [0.4, 0.5) is 4.39 Å². The van der Waals surface area contributed by atoms with Crippen LogP contribution in [-0.4, -0.2) is 17.7 Å². The van der Waals surface area contributed by atoms with Crippen LogP contribution in [0.3, 0.4) is 0 Å². The summed E-state index contributed by atoms with van der Waals surface area (Å²) in [7, 11) is 0. The summed E-state index contributed by atoms with van der Waals surface area (Å²) >= 11 is 0. The molecule has 3 unspecified atom stereocenters. The van der Waals surface area contributed by atoms with Crippen molar-refractivity contribution in [3.05, 3.63) is 48.3 Å². The number of hydrogen-bond acceptors (Lipinski definition) is 2. The van der Waals surface area contributed by atoms with Gasteiger partial charge in [0.15, 0.2) is 0 Å². The number of aliphatic hydroxyl groups excluding tert-OH is 1. The van der Waals surface area contributed by atoms with Gasteiger partial charge in [0.25, 0.3) is 0 Å². The number of allylic oxidation sites excluding steroid dienone is 1. The highest BCUT2D eigenvalue weighted by Crippen LogP contribution is 2.14. The monoisotopic (exact) mass is 251 g/mol. The van der Waals surface area contributed by atoms with Gasteiger partial charge in [-0.15, -0.1) is 6.58 Å². The zero-order chi connectivity index (χ0) is 13.5. The molecule has 0 aliphatic heterocycles. The fraction of sp³-hybridized carbons (Fsp3) is 0.467. The molecule has 0 aliphatic carbocycles.